The Morgan fingerprint density at radius 2 is 1.43 bits per heavy atom. The molecule has 0 bridgehead atoms. The number of hydrogen-bond acceptors (Lipinski definition) is 6. The number of carbonyl (C=O) groups is 5. The van der Waals surface area contributed by atoms with Crippen molar-refractivity contribution in [1.29, 1.82) is 0 Å². The lowest BCUT2D eigenvalue weighted by Gasteiger charge is -2.27. The van der Waals surface area contributed by atoms with E-state index in [1.165, 1.54) is 13.2 Å². The molecule has 2 fully saturated rings. The van der Waals surface area contributed by atoms with Gasteiger partial charge in [0, 0.05) is 70.0 Å². The minimum Gasteiger partial charge on any atom is -0.464 e. The number of esters is 1. The number of ether oxygens (including phenoxy) is 1. The van der Waals surface area contributed by atoms with E-state index in [-0.39, 0.29) is 29.2 Å². The highest BCUT2D eigenvalue weighted by molar-refractivity contribution is 6.12. The Morgan fingerprint density at radius 1 is 0.816 bits per heavy atom. The molecule has 2 aliphatic carbocycles. The van der Waals surface area contributed by atoms with E-state index in [9.17, 15) is 24.0 Å². The van der Waals surface area contributed by atoms with Crippen molar-refractivity contribution >= 4 is 62.8 Å². The van der Waals surface area contributed by atoms with Gasteiger partial charge in [-0.3, -0.25) is 19.3 Å². The number of nitrogens with zero attached hydrogens (tertiary/aromatic N) is 3. The summed E-state index contributed by atoms with van der Waals surface area (Å²) in [5.74, 6) is -1.06. The molecule has 3 aliphatic heterocycles. The maximum absolute atomic E-state index is 14.1. The number of fused-ring (bicyclic) bond motifs is 7. The molecule has 5 aliphatic rings. The molecule has 13 nitrogen and oxygen atoms in total. The summed E-state index contributed by atoms with van der Waals surface area (Å²) in [6.45, 7) is 1.47. The highest BCUT2D eigenvalue weighted by Gasteiger charge is 2.68. The molecule has 1 saturated heterocycles. The van der Waals surface area contributed by atoms with E-state index < -0.39 is 17.4 Å². The van der Waals surface area contributed by atoms with Crippen LogP contribution in [-0.2, 0) is 23.0 Å². The van der Waals surface area contributed by atoms with Crippen LogP contribution in [0.1, 0.15) is 65.1 Å². The quantitative estimate of drug-likeness (QED) is 0.214. The number of urea groups is 1. The number of rotatable bonds is 3. The molecular weight excluding hydrogens is 626 g/mol. The average Bonchev–Trinajstić information content (AvgIpc) is 3.82. The Bertz CT molecular complexity index is 2450. The van der Waals surface area contributed by atoms with Crippen molar-refractivity contribution in [3.05, 3.63) is 93.7 Å². The molecule has 10 rings (SSSR count). The molecule has 1 saturated carbocycles. The second kappa shape index (κ2) is 9.28. The van der Waals surface area contributed by atoms with Gasteiger partial charge in [0.2, 0.25) is 5.78 Å². The van der Waals surface area contributed by atoms with Crippen LogP contribution in [-0.4, -0.2) is 76.2 Å². The predicted octanol–water partition coefficient (Wildman–Crippen LogP) is 3.90. The third-order valence-corrected chi connectivity index (χ3v) is 11.2. The van der Waals surface area contributed by atoms with Gasteiger partial charge in [-0.1, -0.05) is 0 Å². The van der Waals surface area contributed by atoms with E-state index in [0.29, 0.717) is 55.3 Å². The van der Waals surface area contributed by atoms with Crippen molar-refractivity contribution in [2.75, 3.05) is 36.5 Å². The summed E-state index contributed by atoms with van der Waals surface area (Å²) in [4.78, 5) is 79.7. The first kappa shape index (κ1) is 28.0. The molecule has 3 aromatic heterocycles. The van der Waals surface area contributed by atoms with Gasteiger partial charge in [0.05, 0.1) is 12.8 Å². The zero-order chi connectivity index (χ0) is 33.5. The lowest BCUT2D eigenvalue weighted by atomic mass is 9.85. The zero-order valence-corrected chi connectivity index (χ0v) is 26.3. The van der Waals surface area contributed by atoms with Crippen molar-refractivity contribution in [2.45, 2.75) is 24.7 Å². The number of benzene rings is 2. The number of nitrogens with two attached hydrogens (primary N) is 1. The molecule has 5 N–H and O–H groups in total. The van der Waals surface area contributed by atoms with E-state index >= 15 is 0 Å². The van der Waals surface area contributed by atoms with Gasteiger partial charge < -0.3 is 35.2 Å². The number of ketones is 1. The molecule has 13 heteroatoms. The normalized spacial score (nSPS) is 21.4. The van der Waals surface area contributed by atoms with E-state index in [0.717, 1.165) is 56.3 Å². The Morgan fingerprint density at radius 3 is 2.06 bits per heavy atom. The molecule has 4 amide bonds. The lowest BCUT2D eigenvalue weighted by Crippen LogP contribution is -2.33. The van der Waals surface area contributed by atoms with Gasteiger partial charge in [0.25, 0.3) is 11.8 Å². The van der Waals surface area contributed by atoms with Crippen molar-refractivity contribution in [3.8, 4) is 0 Å². The van der Waals surface area contributed by atoms with Gasteiger partial charge in [-0.2, -0.15) is 0 Å². The number of aromatic nitrogens is 3. The number of anilines is 2. The standard InChI is InChI=1S/C36H29N7O6/c1-49-34(47)26-12-21-31(40-26)29(44)13-30-36(21)14-16(36)15-43(30)33(46)25-11-19-17-6-8-41(27(17)4-2-22(19)39-25)32(45)24-10-20-18-7-9-42(35(37)48)28(18)5-3-23(20)38-24/h2-5,10-13,16,38-40H,6-9,14-15H2,1H3,(H2,37,48)/t16-,36-/m0/s1. The number of primary amides is 1. The summed E-state index contributed by atoms with van der Waals surface area (Å²) in [6.07, 6.45) is 3.62. The number of likely N-dealkylation sites (tertiary alicyclic amines) is 1. The third-order valence-electron chi connectivity index (χ3n) is 11.2. The minimum absolute atomic E-state index is 0.150. The lowest BCUT2D eigenvalue weighted by molar-refractivity contribution is 0.0594. The number of carbonyl (C=O) groups excluding carboxylic acids is 5. The van der Waals surface area contributed by atoms with E-state index in [2.05, 4.69) is 15.0 Å². The molecule has 2 atom stereocenters. The van der Waals surface area contributed by atoms with Crippen LogP contribution in [0.3, 0.4) is 0 Å². The van der Waals surface area contributed by atoms with E-state index in [4.69, 9.17) is 10.5 Å². The number of H-pyrrole nitrogens is 3. The van der Waals surface area contributed by atoms with Crippen LogP contribution in [0.4, 0.5) is 16.2 Å². The highest BCUT2D eigenvalue weighted by Crippen LogP contribution is 2.66. The van der Waals surface area contributed by atoms with Crippen molar-refractivity contribution in [3.63, 3.8) is 0 Å². The number of piperidine rings is 1. The topological polar surface area (TPSA) is 178 Å². The number of aromatic amines is 3. The molecule has 6 heterocycles. The number of amides is 4. The molecule has 0 unspecified atom stereocenters. The molecule has 2 aromatic carbocycles. The molecule has 49 heavy (non-hydrogen) atoms. The van der Waals surface area contributed by atoms with E-state index in [1.54, 1.807) is 20.8 Å². The first-order valence-electron chi connectivity index (χ1n) is 16.3. The number of methoxy groups -OCH3 is 1. The van der Waals surface area contributed by atoms with Crippen molar-refractivity contribution < 1.29 is 28.7 Å². The van der Waals surface area contributed by atoms with Crippen molar-refractivity contribution in [2.24, 2.45) is 11.7 Å². The summed E-state index contributed by atoms with van der Waals surface area (Å²) in [5, 5.41) is 1.78. The van der Waals surface area contributed by atoms with Gasteiger partial charge >= 0.3 is 12.0 Å². The smallest absolute Gasteiger partial charge is 0.354 e. The van der Waals surface area contributed by atoms with Gasteiger partial charge in [-0.15, -0.1) is 0 Å². The largest absolute Gasteiger partial charge is 0.464 e. The van der Waals surface area contributed by atoms with Crippen LogP contribution in [0.2, 0.25) is 0 Å². The minimum atomic E-state index is -0.545. The Labute approximate surface area is 277 Å². The van der Waals surface area contributed by atoms with Gasteiger partial charge in [-0.25, -0.2) is 9.59 Å². The number of nitrogens with one attached hydrogen (secondary N) is 3. The number of allylic oxidation sites excluding steroid dienone is 2. The van der Waals surface area contributed by atoms with Gasteiger partial charge in [-0.05, 0) is 84.3 Å². The maximum Gasteiger partial charge on any atom is 0.354 e. The van der Waals surface area contributed by atoms with E-state index in [1.807, 2.05) is 36.4 Å². The van der Waals surface area contributed by atoms with Crippen LogP contribution in [0, 0.1) is 5.92 Å². The van der Waals surface area contributed by atoms with Crippen LogP contribution in [0.25, 0.3) is 21.8 Å². The fraction of sp³-hybridized carbons (Fsp3) is 0.250. The van der Waals surface area contributed by atoms with Gasteiger partial charge in [0.1, 0.15) is 17.1 Å². The third kappa shape index (κ3) is 3.56. The second-order valence-electron chi connectivity index (χ2n) is 13.5. The SMILES string of the molecule is COC(=O)c1cc2c([nH]1)C(=O)C=C1N(C(=O)c3cc4c5c(ccc4[nH]3)N(C(=O)c3cc4c6c(ccc4[nH]3)N(C(N)=O)CC6)CC5)C[C@@H]3C[C@@]123. The summed E-state index contributed by atoms with van der Waals surface area (Å²) in [6, 6.07) is 12.4. The van der Waals surface area contributed by atoms with Crippen LogP contribution in [0.15, 0.2) is 54.2 Å². The Balaban J connectivity index is 0.945. The summed E-state index contributed by atoms with van der Waals surface area (Å²) in [7, 11) is 1.29. The molecule has 244 valence electrons. The Hall–Kier alpha value is -6.11. The second-order valence-corrected chi connectivity index (χ2v) is 13.5. The van der Waals surface area contributed by atoms with Crippen LogP contribution in [0.5, 0.6) is 0 Å². The monoisotopic (exact) mass is 655 g/mol. The van der Waals surface area contributed by atoms with Crippen molar-refractivity contribution in [1.82, 2.24) is 19.9 Å². The summed E-state index contributed by atoms with van der Waals surface area (Å²) in [5.41, 5.74) is 13.1. The molecule has 0 radical (unpaired) electrons. The molecule has 1 spiro atoms. The number of hydrogen-bond donors (Lipinski definition) is 4. The van der Waals surface area contributed by atoms with Gasteiger partial charge in [0.15, 0.2) is 0 Å². The fourth-order valence-electron chi connectivity index (χ4n) is 8.89. The predicted molar refractivity (Wildman–Crippen MR) is 178 cm³/mol. The average molecular weight is 656 g/mol. The van der Waals surface area contributed by atoms with Crippen LogP contribution >= 0.6 is 0 Å². The summed E-state index contributed by atoms with van der Waals surface area (Å²) < 4.78 is 4.86. The fourth-order valence-corrected chi connectivity index (χ4v) is 8.89. The zero-order valence-electron chi connectivity index (χ0n) is 26.3. The highest BCUT2D eigenvalue weighted by atomic mass is 16.5. The maximum atomic E-state index is 14.1. The first-order valence-corrected chi connectivity index (χ1v) is 16.3. The first-order chi connectivity index (χ1) is 23.7. The van der Waals surface area contributed by atoms with Crippen LogP contribution < -0.4 is 15.5 Å². The molecule has 5 aromatic rings. The summed E-state index contributed by atoms with van der Waals surface area (Å²) >= 11 is 0. The Kier molecular flexibility index (Phi) is 5.29. The molecular formula is C36H29N7O6.